The van der Waals surface area contributed by atoms with Crippen LogP contribution in [-0.2, 0) is 0 Å². The molecule has 0 atom stereocenters. The Hall–Kier alpha value is -6.06. The summed E-state index contributed by atoms with van der Waals surface area (Å²) in [6, 6.07) is 39.2. The predicted molar refractivity (Wildman–Crippen MR) is 281 cm³/mol. The smallest absolute Gasteiger partial charge is 1.00 e. The van der Waals surface area contributed by atoms with Gasteiger partial charge in [-0.1, -0.05) is 43.8 Å². The minimum atomic E-state index is -0.938. The monoisotopic (exact) mass is 997 g/mol. The van der Waals surface area contributed by atoms with Gasteiger partial charge in [-0.15, -0.1) is 0 Å². The van der Waals surface area contributed by atoms with Crippen molar-refractivity contribution >= 4 is 45.3 Å². The maximum absolute atomic E-state index is 12.1. The number of nitrogens with zero attached hydrogens (tertiary/aromatic N) is 4. The third kappa shape index (κ3) is 12.5. The molecule has 0 saturated heterocycles. The van der Waals surface area contributed by atoms with Crippen LogP contribution >= 0.6 is 0 Å². The van der Waals surface area contributed by atoms with Gasteiger partial charge < -0.3 is 59.1 Å². The molecule has 71 heavy (non-hydrogen) atoms. The van der Waals surface area contributed by atoms with E-state index in [0.717, 1.165) is 130 Å². The van der Waals surface area contributed by atoms with Crippen LogP contribution in [0.2, 0.25) is 0 Å². The van der Waals surface area contributed by atoms with E-state index in [1.807, 2.05) is 24.3 Å². The first-order valence-electron chi connectivity index (χ1n) is 23.4. The summed E-state index contributed by atoms with van der Waals surface area (Å²) in [4.78, 5) is 28.7. The molecule has 4 aromatic rings. The second kappa shape index (κ2) is 27.5. The second-order valence-corrected chi connectivity index (χ2v) is 16.1. The molecule has 0 unspecified atom stereocenters. The van der Waals surface area contributed by atoms with Crippen LogP contribution in [0.3, 0.4) is 0 Å². The molecule has 14 heteroatoms. The average molecular weight is 999 g/mol. The summed E-state index contributed by atoms with van der Waals surface area (Å²) in [6.07, 6.45) is 0. The van der Waals surface area contributed by atoms with Gasteiger partial charge in [-0.05, 0) is 115 Å². The van der Waals surface area contributed by atoms with Gasteiger partial charge in [0.1, 0.15) is 48.9 Å². The molecule has 0 spiro atoms. The Morgan fingerprint density at radius 3 is 1.13 bits per heavy atom. The van der Waals surface area contributed by atoms with Crippen LogP contribution in [-0.4, -0.2) is 80.0 Å². The summed E-state index contributed by atoms with van der Waals surface area (Å²) in [5, 5.41) is 23.8. The molecular formula is C57H68Cl2LiN4O7+. The maximum Gasteiger partial charge on any atom is 1.00 e. The zero-order valence-electron chi connectivity index (χ0n) is 41.8. The number of benzene rings is 6. The molecule has 0 radical (unpaired) electrons. The number of fused-ring (bicyclic) bond motifs is 4. The average Bonchev–Trinajstić information content (AvgIpc) is 3.34. The van der Waals surface area contributed by atoms with Crippen molar-refractivity contribution in [3.8, 4) is 44.9 Å². The van der Waals surface area contributed by atoms with Crippen LogP contribution in [0.15, 0.2) is 130 Å². The third-order valence-corrected chi connectivity index (χ3v) is 12.7. The van der Waals surface area contributed by atoms with Gasteiger partial charge in [0.15, 0.2) is 0 Å². The summed E-state index contributed by atoms with van der Waals surface area (Å²) >= 11 is 0. The largest absolute Gasteiger partial charge is 1.00 e. The Morgan fingerprint density at radius 2 is 0.817 bits per heavy atom. The van der Waals surface area contributed by atoms with Crippen molar-refractivity contribution in [2.75, 3.05) is 62.2 Å². The number of hydrogen-bond donors (Lipinski definition) is 2. The molecule has 0 amide bonds. The standard InChI is InChI=1S/2C28H30N2O3.CH4.2ClH.Li.H2O/c2*1-5-29(6-2)19-13-15-23-25(17-19)33-26-18-20(30(7-3)8-4)14-16-24(26)27(23)21-11-9-10-12-22(21)28(31)32;;;;;/h2*9-18H,5-8H2,1-4H3;1H4;2*1H;;1H2/q;;;;;+1;. The van der Waals surface area contributed by atoms with Crippen molar-refractivity contribution in [3.05, 3.63) is 143 Å². The van der Waals surface area contributed by atoms with E-state index in [1.165, 1.54) is 0 Å². The van der Waals surface area contributed by atoms with Gasteiger partial charge in [-0.2, -0.15) is 0 Å². The molecule has 8 rings (SSSR count). The van der Waals surface area contributed by atoms with Crippen LogP contribution in [0.25, 0.3) is 66.8 Å². The van der Waals surface area contributed by atoms with Crippen molar-refractivity contribution in [1.29, 1.82) is 0 Å². The zero-order chi connectivity index (χ0) is 47.1. The minimum absolute atomic E-state index is 0. The molecule has 4 aliphatic rings. The first-order valence-corrected chi connectivity index (χ1v) is 23.4. The molecule has 11 nitrogen and oxygen atoms in total. The number of carbonyl (C=O) groups is 2. The fraction of sp³-hybridized carbons (Fsp3) is 0.298. The SMILES string of the molecule is C.CCN(CC)c1ccc2c(-c3ccccc3C(=O)O)c3ccc(=[N+](CC)CC)cc-3oc2c1.CCN(CC)c1ccc2c(-c3ccccc3C(=O)O)c3ccc(=[N+](CC)CC)cc-3oc2c1.O.[Cl-].[Cl-].[Li+]. The number of carboxylic acid groups (broad SMARTS) is 2. The summed E-state index contributed by atoms with van der Waals surface area (Å²) in [5.41, 5.74) is 9.23. The molecule has 0 aromatic heterocycles. The van der Waals surface area contributed by atoms with Gasteiger partial charge in [0.2, 0.25) is 10.7 Å². The quantitative estimate of drug-likeness (QED) is 0.0957. The van der Waals surface area contributed by atoms with Crippen molar-refractivity contribution < 1.29 is 77.8 Å². The fourth-order valence-electron chi connectivity index (χ4n) is 9.23. The van der Waals surface area contributed by atoms with Crippen LogP contribution in [0.5, 0.6) is 0 Å². The maximum atomic E-state index is 12.1. The van der Waals surface area contributed by atoms with Crippen LogP contribution < -0.4 is 73.3 Å². The normalized spacial score (nSPS) is 10.4. The minimum Gasteiger partial charge on any atom is -1.00 e. The molecule has 2 heterocycles. The Labute approximate surface area is 442 Å². The van der Waals surface area contributed by atoms with E-state index in [4.69, 9.17) is 8.83 Å². The van der Waals surface area contributed by atoms with Gasteiger partial charge in [-0.25, -0.2) is 18.7 Å². The summed E-state index contributed by atoms with van der Waals surface area (Å²) < 4.78 is 17.5. The number of rotatable bonds is 14. The number of carboxylic acids is 2. The second-order valence-electron chi connectivity index (χ2n) is 16.1. The molecule has 372 valence electrons. The Morgan fingerprint density at radius 1 is 0.479 bits per heavy atom. The Kier molecular flexibility index (Phi) is 23.7. The van der Waals surface area contributed by atoms with Gasteiger partial charge in [0.25, 0.3) is 0 Å². The number of hydrogen-bond acceptors (Lipinski definition) is 6. The molecule has 0 saturated carbocycles. The van der Waals surface area contributed by atoms with E-state index in [1.54, 1.807) is 24.3 Å². The summed E-state index contributed by atoms with van der Waals surface area (Å²) in [5.74, 6) is -0.378. The number of aromatic carboxylic acids is 2. The van der Waals surface area contributed by atoms with Crippen molar-refractivity contribution in [2.45, 2.75) is 62.8 Å². The molecular weight excluding hydrogens is 930 g/mol. The van der Waals surface area contributed by atoms with E-state index >= 15 is 0 Å². The van der Waals surface area contributed by atoms with E-state index in [9.17, 15) is 19.8 Å². The van der Waals surface area contributed by atoms with Crippen molar-refractivity contribution in [1.82, 2.24) is 9.15 Å². The molecule has 4 N–H and O–H groups in total. The molecule has 2 aliphatic heterocycles. The first kappa shape index (κ1) is 61.1. The Balaban J connectivity index is 0.000000455. The Bertz CT molecular complexity index is 2920. The van der Waals surface area contributed by atoms with E-state index < -0.39 is 11.9 Å². The van der Waals surface area contributed by atoms with Gasteiger partial charge >= 0.3 is 30.8 Å². The van der Waals surface area contributed by atoms with Crippen LogP contribution in [0.1, 0.15) is 83.5 Å². The number of anilines is 2. The first-order chi connectivity index (χ1) is 32.0. The molecule has 0 fully saturated rings. The zero-order valence-corrected chi connectivity index (χ0v) is 43.3. The topological polar surface area (TPSA) is 145 Å². The molecule has 4 aromatic carbocycles. The predicted octanol–water partition coefficient (Wildman–Crippen LogP) is 1.95. The van der Waals surface area contributed by atoms with Gasteiger partial charge in [0.05, 0.1) is 23.3 Å². The van der Waals surface area contributed by atoms with E-state index in [-0.39, 0.29) is 67.7 Å². The number of halogens is 2. The van der Waals surface area contributed by atoms with Gasteiger partial charge in [-0.3, -0.25) is 0 Å². The molecule has 2 aliphatic carbocycles. The van der Waals surface area contributed by atoms with E-state index in [2.05, 4.69) is 147 Å². The van der Waals surface area contributed by atoms with Crippen LogP contribution in [0, 0.1) is 0 Å². The summed E-state index contributed by atoms with van der Waals surface area (Å²) in [6.45, 7) is 24.3. The van der Waals surface area contributed by atoms with Gasteiger partial charge in [0, 0.05) is 94.8 Å². The summed E-state index contributed by atoms with van der Waals surface area (Å²) in [7, 11) is 0. The third-order valence-electron chi connectivity index (χ3n) is 12.7. The van der Waals surface area contributed by atoms with E-state index in [0.29, 0.717) is 11.1 Å². The van der Waals surface area contributed by atoms with Crippen molar-refractivity contribution in [2.24, 2.45) is 0 Å². The van der Waals surface area contributed by atoms with Crippen molar-refractivity contribution in [3.63, 3.8) is 0 Å². The van der Waals surface area contributed by atoms with Crippen LogP contribution in [0.4, 0.5) is 11.4 Å². The molecule has 0 bridgehead atoms. The fourth-order valence-corrected chi connectivity index (χ4v) is 9.23.